The molecular formula is C22H22FN3O2. The predicted molar refractivity (Wildman–Crippen MR) is 108 cm³/mol. The van der Waals surface area contributed by atoms with Gasteiger partial charge in [-0.3, -0.25) is 4.79 Å². The molecule has 144 valence electrons. The lowest BCUT2D eigenvalue weighted by Gasteiger charge is -2.16. The molecule has 1 aromatic heterocycles. The van der Waals surface area contributed by atoms with Gasteiger partial charge in [0.1, 0.15) is 17.6 Å². The summed E-state index contributed by atoms with van der Waals surface area (Å²) in [6.07, 6.45) is 1.74. The molecule has 0 bridgehead atoms. The molecule has 2 aromatic carbocycles. The molecule has 1 unspecified atom stereocenters. The maximum Gasteiger partial charge on any atom is 0.246 e. The monoisotopic (exact) mass is 379 g/mol. The van der Waals surface area contributed by atoms with E-state index in [4.69, 9.17) is 4.74 Å². The lowest BCUT2D eigenvalue weighted by atomic mass is 10.2. The Kier molecular flexibility index (Phi) is 5.89. The van der Waals surface area contributed by atoms with Gasteiger partial charge in [-0.15, -0.1) is 0 Å². The quantitative estimate of drug-likeness (QED) is 0.628. The number of hydrogen-bond donors (Lipinski definition) is 2. The second-order valence-corrected chi connectivity index (χ2v) is 6.61. The number of halogens is 1. The van der Waals surface area contributed by atoms with Crippen molar-refractivity contribution in [3.8, 4) is 11.6 Å². The van der Waals surface area contributed by atoms with Gasteiger partial charge >= 0.3 is 0 Å². The number of aromatic nitrogens is 1. The molecule has 0 saturated carbocycles. The molecule has 3 rings (SSSR count). The smallest absolute Gasteiger partial charge is 0.246 e. The second-order valence-electron chi connectivity index (χ2n) is 6.61. The standard InChI is InChI=1S/C22H22FN3O2/c1-14-4-11-21(24-13-14)28-19-9-7-18(8-10-19)25-16(3)22(27)26-20-12-17(23)6-5-15(20)2/h4-13,16,25H,1-3H3,(H,26,27). The number of anilines is 2. The van der Waals surface area contributed by atoms with Crippen molar-refractivity contribution >= 4 is 17.3 Å². The Bertz CT molecular complexity index is 957. The first-order valence-corrected chi connectivity index (χ1v) is 8.95. The number of carbonyl (C=O) groups excluding carboxylic acids is 1. The van der Waals surface area contributed by atoms with Crippen LogP contribution in [0.2, 0.25) is 0 Å². The number of aryl methyl sites for hydroxylation is 2. The SMILES string of the molecule is Cc1ccc(Oc2ccc(NC(C)C(=O)Nc3cc(F)ccc3C)cc2)nc1. The highest BCUT2D eigenvalue weighted by Crippen LogP contribution is 2.22. The Morgan fingerprint density at radius 2 is 1.82 bits per heavy atom. The van der Waals surface area contributed by atoms with Crippen molar-refractivity contribution < 1.29 is 13.9 Å². The van der Waals surface area contributed by atoms with E-state index in [-0.39, 0.29) is 11.7 Å². The fourth-order valence-corrected chi connectivity index (χ4v) is 2.54. The van der Waals surface area contributed by atoms with Crippen LogP contribution < -0.4 is 15.4 Å². The minimum absolute atomic E-state index is 0.252. The third-order valence-electron chi connectivity index (χ3n) is 4.19. The number of nitrogens with one attached hydrogen (secondary N) is 2. The highest BCUT2D eigenvalue weighted by atomic mass is 19.1. The molecule has 1 amide bonds. The van der Waals surface area contributed by atoms with Gasteiger partial charge in [-0.1, -0.05) is 12.1 Å². The average Bonchev–Trinajstić information content (AvgIpc) is 2.68. The molecule has 6 heteroatoms. The van der Waals surface area contributed by atoms with E-state index in [2.05, 4.69) is 15.6 Å². The first-order chi connectivity index (χ1) is 13.4. The van der Waals surface area contributed by atoms with E-state index in [1.54, 1.807) is 31.3 Å². The number of nitrogens with zero attached hydrogens (tertiary/aromatic N) is 1. The normalized spacial score (nSPS) is 11.6. The summed E-state index contributed by atoms with van der Waals surface area (Å²) in [6, 6.07) is 14.8. The number of benzene rings is 2. The maximum absolute atomic E-state index is 13.4. The molecule has 5 nitrogen and oxygen atoms in total. The van der Waals surface area contributed by atoms with Crippen molar-refractivity contribution in [2.24, 2.45) is 0 Å². The minimum atomic E-state index is -0.506. The van der Waals surface area contributed by atoms with Gasteiger partial charge in [0.05, 0.1) is 0 Å². The van der Waals surface area contributed by atoms with Crippen LogP contribution in [-0.2, 0) is 4.79 Å². The van der Waals surface area contributed by atoms with Crippen molar-refractivity contribution in [3.63, 3.8) is 0 Å². The minimum Gasteiger partial charge on any atom is -0.439 e. The Labute approximate surface area is 163 Å². The zero-order valence-electron chi connectivity index (χ0n) is 16.0. The fraction of sp³-hybridized carbons (Fsp3) is 0.182. The number of pyridine rings is 1. The molecular weight excluding hydrogens is 357 g/mol. The number of amides is 1. The fourth-order valence-electron chi connectivity index (χ4n) is 2.54. The van der Waals surface area contributed by atoms with Gasteiger partial charge in [-0.05, 0) is 68.3 Å². The van der Waals surface area contributed by atoms with Crippen molar-refractivity contribution in [2.75, 3.05) is 10.6 Å². The van der Waals surface area contributed by atoms with Gasteiger partial charge in [0.2, 0.25) is 11.8 Å². The molecule has 3 aromatic rings. The molecule has 0 saturated heterocycles. The zero-order valence-corrected chi connectivity index (χ0v) is 16.0. The summed E-state index contributed by atoms with van der Waals surface area (Å²) in [7, 11) is 0. The van der Waals surface area contributed by atoms with Gasteiger partial charge in [-0.2, -0.15) is 0 Å². The summed E-state index contributed by atoms with van der Waals surface area (Å²) < 4.78 is 19.1. The maximum atomic E-state index is 13.4. The van der Waals surface area contributed by atoms with Gasteiger partial charge in [0.25, 0.3) is 0 Å². The first-order valence-electron chi connectivity index (χ1n) is 8.95. The van der Waals surface area contributed by atoms with Crippen molar-refractivity contribution in [3.05, 3.63) is 77.7 Å². The van der Waals surface area contributed by atoms with Crippen LogP contribution in [0.15, 0.2) is 60.8 Å². The van der Waals surface area contributed by atoms with E-state index in [0.29, 0.717) is 17.3 Å². The van der Waals surface area contributed by atoms with E-state index in [9.17, 15) is 9.18 Å². The summed E-state index contributed by atoms with van der Waals surface area (Å²) in [4.78, 5) is 16.6. The van der Waals surface area contributed by atoms with Crippen LogP contribution in [-0.4, -0.2) is 16.9 Å². The largest absolute Gasteiger partial charge is 0.439 e. The van der Waals surface area contributed by atoms with Gasteiger partial charge in [-0.25, -0.2) is 9.37 Å². The topological polar surface area (TPSA) is 63.2 Å². The number of ether oxygens (including phenoxy) is 1. The van der Waals surface area contributed by atoms with E-state index in [1.807, 2.05) is 38.1 Å². The van der Waals surface area contributed by atoms with Crippen LogP contribution in [0.4, 0.5) is 15.8 Å². The molecule has 0 spiro atoms. The third kappa shape index (κ3) is 5.07. The molecule has 2 N–H and O–H groups in total. The van der Waals surface area contributed by atoms with E-state index >= 15 is 0 Å². The Balaban J connectivity index is 1.59. The third-order valence-corrected chi connectivity index (χ3v) is 4.19. The van der Waals surface area contributed by atoms with E-state index < -0.39 is 6.04 Å². The average molecular weight is 379 g/mol. The Hall–Kier alpha value is -3.41. The first kappa shape index (κ1) is 19.4. The molecule has 28 heavy (non-hydrogen) atoms. The molecule has 0 fully saturated rings. The molecule has 0 aliphatic heterocycles. The molecule has 1 heterocycles. The van der Waals surface area contributed by atoms with Crippen LogP contribution in [0.1, 0.15) is 18.1 Å². The van der Waals surface area contributed by atoms with Crippen LogP contribution >= 0.6 is 0 Å². The lowest BCUT2D eigenvalue weighted by Crippen LogP contribution is -2.32. The highest BCUT2D eigenvalue weighted by Gasteiger charge is 2.14. The lowest BCUT2D eigenvalue weighted by molar-refractivity contribution is -0.116. The molecule has 1 atom stereocenters. The number of carbonyl (C=O) groups is 1. The molecule has 0 radical (unpaired) electrons. The van der Waals surface area contributed by atoms with Crippen molar-refractivity contribution in [2.45, 2.75) is 26.8 Å². The number of hydrogen-bond acceptors (Lipinski definition) is 4. The predicted octanol–water partition coefficient (Wildman–Crippen LogP) is 5.07. The van der Waals surface area contributed by atoms with Crippen LogP contribution in [0.25, 0.3) is 0 Å². The second kappa shape index (κ2) is 8.52. The summed E-state index contributed by atoms with van der Waals surface area (Å²) in [5.41, 5.74) is 3.09. The van der Waals surface area contributed by atoms with Gasteiger partial charge in [0.15, 0.2) is 0 Å². The van der Waals surface area contributed by atoms with Gasteiger partial charge < -0.3 is 15.4 Å². The molecule has 0 aliphatic carbocycles. The van der Waals surface area contributed by atoms with Crippen LogP contribution in [0, 0.1) is 19.7 Å². The summed E-state index contributed by atoms with van der Waals surface area (Å²) in [5.74, 6) is 0.525. The Morgan fingerprint density at radius 1 is 1.07 bits per heavy atom. The van der Waals surface area contributed by atoms with Gasteiger partial charge in [0, 0.05) is 23.6 Å². The number of rotatable bonds is 6. The van der Waals surface area contributed by atoms with E-state index in [1.165, 1.54) is 12.1 Å². The van der Waals surface area contributed by atoms with E-state index in [0.717, 1.165) is 16.8 Å². The summed E-state index contributed by atoms with van der Waals surface area (Å²) in [5, 5.41) is 5.86. The van der Waals surface area contributed by atoms with Crippen LogP contribution in [0.3, 0.4) is 0 Å². The van der Waals surface area contributed by atoms with Crippen LogP contribution in [0.5, 0.6) is 11.6 Å². The van der Waals surface area contributed by atoms with Crippen molar-refractivity contribution in [1.29, 1.82) is 0 Å². The van der Waals surface area contributed by atoms with Crippen molar-refractivity contribution in [1.82, 2.24) is 4.98 Å². The Morgan fingerprint density at radius 3 is 2.50 bits per heavy atom. The zero-order chi connectivity index (χ0) is 20.1. The summed E-state index contributed by atoms with van der Waals surface area (Å²) >= 11 is 0. The highest BCUT2D eigenvalue weighted by molar-refractivity contribution is 5.96. The molecule has 0 aliphatic rings. The summed E-state index contributed by atoms with van der Waals surface area (Å²) in [6.45, 7) is 5.52.